The van der Waals surface area contributed by atoms with Gasteiger partial charge in [-0.15, -0.1) is 0 Å². The molecule has 0 heterocycles. The molecule has 2 aromatic carbocycles. The minimum Gasteiger partial charge on any atom is -0.482 e. The molecule has 0 radical (unpaired) electrons. The zero-order chi connectivity index (χ0) is 18.8. The normalized spacial score (nSPS) is 11.3. The topological polar surface area (TPSA) is 81.7 Å². The molecule has 0 saturated carbocycles. The number of esters is 1. The summed E-state index contributed by atoms with van der Waals surface area (Å²) in [5, 5.41) is 2.73. The van der Waals surface area contributed by atoms with Gasteiger partial charge < -0.3 is 14.8 Å². The zero-order valence-electron chi connectivity index (χ0n) is 14.5. The van der Waals surface area contributed by atoms with Crippen molar-refractivity contribution in [1.29, 1.82) is 0 Å². The number of aldehydes is 1. The van der Waals surface area contributed by atoms with Gasteiger partial charge in [-0.3, -0.25) is 9.59 Å². The number of rotatable bonds is 9. The van der Waals surface area contributed by atoms with Gasteiger partial charge in [0.1, 0.15) is 12.0 Å². The molecule has 0 spiro atoms. The Morgan fingerprint density at radius 3 is 2.42 bits per heavy atom. The predicted octanol–water partition coefficient (Wildman–Crippen LogP) is 2.17. The third-order valence-electron chi connectivity index (χ3n) is 3.61. The number of nitrogens with one attached hydrogen (secondary N) is 1. The molecule has 2 aromatic rings. The van der Waals surface area contributed by atoms with Crippen molar-refractivity contribution in [1.82, 2.24) is 5.32 Å². The van der Waals surface area contributed by atoms with Crippen molar-refractivity contribution < 1.29 is 23.9 Å². The average molecular weight is 355 g/mol. The Balaban J connectivity index is 1.68. The molecule has 0 aliphatic carbocycles. The molecule has 0 fully saturated rings. The first-order valence-electron chi connectivity index (χ1n) is 8.27. The van der Waals surface area contributed by atoms with E-state index in [1.807, 2.05) is 30.3 Å². The lowest BCUT2D eigenvalue weighted by Gasteiger charge is -2.14. The second kappa shape index (κ2) is 9.98. The molecule has 136 valence electrons. The Morgan fingerprint density at radius 1 is 1.08 bits per heavy atom. The van der Waals surface area contributed by atoms with Gasteiger partial charge in [-0.1, -0.05) is 30.3 Å². The van der Waals surface area contributed by atoms with Crippen LogP contribution in [0.5, 0.6) is 5.75 Å². The number of hydrogen-bond acceptors (Lipinski definition) is 5. The molecular formula is C20H21NO5. The third kappa shape index (κ3) is 6.39. The molecule has 0 unspecified atom stereocenters. The largest absolute Gasteiger partial charge is 0.482 e. The fraction of sp³-hybridized carbons (Fsp3) is 0.250. The van der Waals surface area contributed by atoms with E-state index in [1.54, 1.807) is 24.3 Å². The van der Waals surface area contributed by atoms with Crippen molar-refractivity contribution in [2.24, 2.45) is 0 Å². The lowest BCUT2D eigenvalue weighted by molar-refractivity contribution is -0.156. The molecule has 26 heavy (non-hydrogen) atoms. The number of ether oxygens (including phenoxy) is 2. The van der Waals surface area contributed by atoms with Crippen molar-refractivity contribution in [2.45, 2.75) is 19.4 Å². The molecule has 0 bridgehead atoms. The fourth-order valence-corrected chi connectivity index (χ4v) is 2.19. The first kappa shape index (κ1) is 19.2. The summed E-state index contributed by atoms with van der Waals surface area (Å²) in [5.74, 6) is -0.563. The smallest absolute Gasteiger partial charge is 0.344 e. The van der Waals surface area contributed by atoms with E-state index >= 15 is 0 Å². The molecule has 1 N–H and O–H groups in total. The second-order valence-corrected chi connectivity index (χ2v) is 5.63. The highest BCUT2D eigenvalue weighted by Gasteiger charge is 2.17. The van der Waals surface area contributed by atoms with Gasteiger partial charge >= 0.3 is 5.97 Å². The van der Waals surface area contributed by atoms with Gasteiger partial charge in [0.2, 0.25) is 0 Å². The van der Waals surface area contributed by atoms with Gasteiger partial charge in [-0.2, -0.15) is 0 Å². The molecule has 0 aromatic heterocycles. The maximum atomic E-state index is 12.0. The number of amides is 1. The Morgan fingerprint density at radius 2 is 1.77 bits per heavy atom. The third-order valence-corrected chi connectivity index (χ3v) is 3.61. The molecule has 0 aliphatic heterocycles. The van der Waals surface area contributed by atoms with Crippen LogP contribution < -0.4 is 10.1 Å². The highest BCUT2D eigenvalue weighted by atomic mass is 16.6. The van der Waals surface area contributed by atoms with E-state index in [0.29, 0.717) is 24.3 Å². The van der Waals surface area contributed by atoms with Crippen molar-refractivity contribution >= 4 is 18.2 Å². The molecule has 1 amide bonds. The first-order chi connectivity index (χ1) is 12.6. The number of hydrogen-bond donors (Lipinski definition) is 1. The van der Waals surface area contributed by atoms with E-state index < -0.39 is 12.1 Å². The highest BCUT2D eigenvalue weighted by molar-refractivity contribution is 5.83. The summed E-state index contributed by atoms with van der Waals surface area (Å²) in [5.41, 5.74) is 1.63. The van der Waals surface area contributed by atoms with Crippen molar-refractivity contribution in [3.05, 3.63) is 65.7 Å². The summed E-state index contributed by atoms with van der Waals surface area (Å²) in [6, 6.07) is 16.1. The fourth-order valence-electron chi connectivity index (χ4n) is 2.19. The van der Waals surface area contributed by atoms with Gasteiger partial charge in [0, 0.05) is 12.1 Å². The van der Waals surface area contributed by atoms with Crippen LogP contribution in [0.25, 0.3) is 0 Å². The summed E-state index contributed by atoms with van der Waals surface area (Å²) in [7, 11) is 0. The number of benzene rings is 2. The molecule has 1 atom stereocenters. The van der Waals surface area contributed by atoms with Crippen molar-refractivity contribution in [3.63, 3.8) is 0 Å². The highest BCUT2D eigenvalue weighted by Crippen LogP contribution is 2.11. The van der Waals surface area contributed by atoms with Crippen LogP contribution >= 0.6 is 0 Å². The lowest BCUT2D eigenvalue weighted by atomic mass is 10.1. The monoisotopic (exact) mass is 355 g/mol. The Bertz CT molecular complexity index is 728. The van der Waals surface area contributed by atoms with Crippen LogP contribution in [0.15, 0.2) is 54.6 Å². The summed E-state index contributed by atoms with van der Waals surface area (Å²) in [6.07, 6.45) is 0.516. The van der Waals surface area contributed by atoms with Crippen LogP contribution in [0.3, 0.4) is 0 Å². The number of carbonyl (C=O) groups is 3. The summed E-state index contributed by atoms with van der Waals surface area (Å²) >= 11 is 0. The van der Waals surface area contributed by atoms with Crippen LogP contribution in [0, 0.1) is 0 Å². The van der Waals surface area contributed by atoms with E-state index in [9.17, 15) is 14.4 Å². The predicted molar refractivity (Wildman–Crippen MR) is 96.0 cm³/mol. The Kier molecular flexibility index (Phi) is 7.36. The standard InChI is InChI=1S/C20H21NO5/c1-15(20(24)21-12-11-16-5-3-2-4-6-16)26-19(23)14-25-18-9-7-17(13-22)8-10-18/h2-10,13,15H,11-12,14H2,1H3,(H,21,24)/t15-/m1/s1. The maximum absolute atomic E-state index is 12.0. The van der Waals surface area contributed by atoms with E-state index in [-0.39, 0.29) is 12.5 Å². The van der Waals surface area contributed by atoms with E-state index in [4.69, 9.17) is 9.47 Å². The first-order valence-corrected chi connectivity index (χ1v) is 8.27. The van der Waals surface area contributed by atoms with Crippen LogP contribution in [-0.4, -0.2) is 37.4 Å². The lowest BCUT2D eigenvalue weighted by Crippen LogP contribution is -2.37. The second-order valence-electron chi connectivity index (χ2n) is 5.63. The Labute approximate surface area is 152 Å². The molecule has 0 saturated heterocycles. The van der Waals surface area contributed by atoms with Crippen molar-refractivity contribution in [3.8, 4) is 5.75 Å². The van der Waals surface area contributed by atoms with Crippen LogP contribution in [-0.2, 0) is 20.7 Å². The quantitative estimate of drug-likeness (QED) is 0.551. The molecule has 6 heteroatoms. The van der Waals surface area contributed by atoms with E-state index in [0.717, 1.165) is 11.8 Å². The van der Waals surface area contributed by atoms with E-state index in [2.05, 4.69) is 5.32 Å². The van der Waals surface area contributed by atoms with Crippen LogP contribution in [0.2, 0.25) is 0 Å². The van der Waals surface area contributed by atoms with Crippen LogP contribution in [0.4, 0.5) is 0 Å². The maximum Gasteiger partial charge on any atom is 0.344 e. The molecular weight excluding hydrogens is 334 g/mol. The summed E-state index contributed by atoms with van der Waals surface area (Å²) in [4.78, 5) is 34.3. The molecule has 6 nitrogen and oxygen atoms in total. The minimum absolute atomic E-state index is 0.317. The van der Waals surface area contributed by atoms with Gasteiger partial charge in [-0.05, 0) is 43.2 Å². The Hall–Kier alpha value is -3.15. The zero-order valence-corrected chi connectivity index (χ0v) is 14.5. The summed E-state index contributed by atoms with van der Waals surface area (Å²) in [6.45, 7) is 1.65. The minimum atomic E-state index is -0.903. The van der Waals surface area contributed by atoms with Crippen molar-refractivity contribution in [2.75, 3.05) is 13.2 Å². The van der Waals surface area contributed by atoms with Gasteiger partial charge in [0.05, 0.1) is 0 Å². The van der Waals surface area contributed by atoms with Gasteiger partial charge in [0.15, 0.2) is 12.7 Å². The van der Waals surface area contributed by atoms with Gasteiger partial charge in [-0.25, -0.2) is 4.79 Å². The molecule has 0 aliphatic rings. The average Bonchev–Trinajstić information content (AvgIpc) is 2.67. The van der Waals surface area contributed by atoms with E-state index in [1.165, 1.54) is 6.92 Å². The van der Waals surface area contributed by atoms with Gasteiger partial charge in [0.25, 0.3) is 5.91 Å². The number of carbonyl (C=O) groups excluding carboxylic acids is 3. The summed E-state index contributed by atoms with van der Waals surface area (Å²) < 4.78 is 10.3. The van der Waals surface area contributed by atoms with Crippen LogP contribution in [0.1, 0.15) is 22.8 Å². The molecule has 2 rings (SSSR count). The SMILES string of the molecule is C[C@@H](OC(=O)COc1ccc(C=O)cc1)C(=O)NCCc1ccccc1.